The molecule has 3 atom stereocenters. The standard InChI is InChI=1S/C15H20ClNO3S/c1-14(2)11-5-6-15(14,13(18)8-11)10-21(19,20)17-7-3-4-12(17)9-16/h3-4,7,11H,5-6,8-10H2,1-2H3/t11-,15-/m1/s1/i9D/t9-,11+,15+/m0. The molecule has 1 aromatic heterocycles. The molecule has 4 nitrogen and oxygen atoms in total. The summed E-state index contributed by atoms with van der Waals surface area (Å²) in [5, 5.41) is 0. The number of aromatic nitrogens is 1. The van der Waals surface area contributed by atoms with Crippen LogP contribution < -0.4 is 0 Å². The van der Waals surface area contributed by atoms with Crippen LogP contribution in [0.4, 0.5) is 0 Å². The Kier molecular flexibility index (Phi) is 3.02. The molecular weight excluding hydrogens is 310 g/mol. The van der Waals surface area contributed by atoms with Crippen LogP contribution in [0.25, 0.3) is 0 Å². The number of hydrogen-bond acceptors (Lipinski definition) is 3. The van der Waals surface area contributed by atoms with Crippen LogP contribution in [0.15, 0.2) is 18.3 Å². The second-order valence-electron chi connectivity index (χ2n) is 6.76. The van der Waals surface area contributed by atoms with Gasteiger partial charge in [-0.05, 0) is 36.3 Å². The first-order valence-electron chi connectivity index (χ1n) is 7.70. The number of rotatable bonds is 4. The predicted molar refractivity (Wildman–Crippen MR) is 81.7 cm³/mol. The van der Waals surface area contributed by atoms with Gasteiger partial charge in [-0.3, -0.25) is 4.79 Å². The van der Waals surface area contributed by atoms with Crippen LogP contribution >= 0.6 is 11.6 Å². The Labute approximate surface area is 131 Å². The van der Waals surface area contributed by atoms with Gasteiger partial charge in [0.25, 0.3) is 0 Å². The molecule has 2 aliphatic rings. The Morgan fingerprint density at radius 3 is 2.76 bits per heavy atom. The zero-order valence-electron chi connectivity index (χ0n) is 13.2. The van der Waals surface area contributed by atoms with Crippen molar-refractivity contribution in [2.75, 3.05) is 5.75 Å². The van der Waals surface area contributed by atoms with Gasteiger partial charge in [0.05, 0.1) is 18.4 Å². The highest BCUT2D eigenvalue weighted by Crippen LogP contribution is 2.64. The van der Waals surface area contributed by atoms with Gasteiger partial charge in [0.15, 0.2) is 0 Å². The molecule has 0 unspecified atom stereocenters. The lowest BCUT2D eigenvalue weighted by atomic mass is 9.70. The molecule has 0 aliphatic heterocycles. The molecule has 2 saturated carbocycles. The number of hydrogen-bond donors (Lipinski definition) is 0. The minimum Gasteiger partial charge on any atom is -0.299 e. The molecule has 116 valence electrons. The van der Waals surface area contributed by atoms with Crippen molar-refractivity contribution in [1.82, 2.24) is 3.97 Å². The number of nitrogens with zero attached hydrogens (tertiary/aromatic N) is 1. The summed E-state index contributed by atoms with van der Waals surface area (Å²) in [4.78, 5) is 12.5. The van der Waals surface area contributed by atoms with Crippen molar-refractivity contribution >= 4 is 27.4 Å². The maximum Gasteiger partial charge on any atom is 0.239 e. The third kappa shape index (κ3) is 1.93. The van der Waals surface area contributed by atoms with E-state index >= 15 is 0 Å². The molecule has 2 aliphatic carbocycles. The summed E-state index contributed by atoms with van der Waals surface area (Å²) < 4.78 is 34.4. The minimum absolute atomic E-state index is 0.0688. The second-order valence-corrected chi connectivity index (χ2v) is 8.83. The van der Waals surface area contributed by atoms with Crippen molar-refractivity contribution in [2.45, 2.75) is 39.0 Å². The van der Waals surface area contributed by atoms with E-state index in [-0.39, 0.29) is 28.6 Å². The van der Waals surface area contributed by atoms with Gasteiger partial charge in [0.2, 0.25) is 10.0 Å². The van der Waals surface area contributed by atoms with Crippen LogP contribution in [-0.4, -0.2) is 23.9 Å². The van der Waals surface area contributed by atoms with Crippen molar-refractivity contribution in [3.05, 3.63) is 24.0 Å². The number of ketones is 1. The van der Waals surface area contributed by atoms with Gasteiger partial charge in [-0.2, -0.15) is 0 Å². The molecule has 0 aromatic carbocycles. The quantitative estimate of drug-likeness (QED) is 0.798. The summed E-state index contributed by atoms with van der Waals surface area (Å²) in [5.41, 5.74) is -0.885. The summed E-state index contributed by atoms with van der Waals surface area (Å²) >= 11 is 5.75. The number of carbonyl (C=O) groups is 1. The van der Waals surface area contributed by atoms with E-state index in [4.69, 9.17) is 13.0 Å². The van der Waals surface area contributed by atoms with Gasteiger partial charge in [0.1, 0.15) is 5.78 Å². The molecule has 0 amide bonds. The number of Topliss-reactive ketones (excluding diaryl/α,β-unsaturated/α-hetero) is 1. The molecule has 0 spiro atoms. The van der Waals surface area contributed by atoms with Crippen LogP contribution in [-0.2, 0) is 20.7 Å². The first-order valence-corrected chi connectivity index (χ1v) is 9.16. The van der Waals surface area contributed by atoms with Gasteiger partial charge in [0, 0.05) is 18.3 Å². The van der Waals surface area contributed by atoms with Crippen LogP contribution in [0, 0.1) is 16.7 Å². The largest absolute Gasteiger partial charge is 0.299 e. The normalized spacial score (nSPS) is 33.2. The number of alkyl halides is 1. The zero-order valence-corrected chi connectivity index (χ0v) is 13.7. The summed E-state index contributed by atoms with van der Waals surface area (Å²) in [6.45, 7) is 4.02. The topological polar surface area (TPSA) is 56.1 Å². The smallest absolute Gasteiger partial charge is 0.239 e. The lowest BCUT2D eigenvalue weighted by Gasteiger charge is -2.36. The van der Waals surface area contributed by atoms with Gasteiger partial charge in [-0.25, -0.2) is 12.4 Å². The summed E-state index contributed by atoms with van der Waals surface area (Å²) in [6.07, 6.45) is 3.43. The van der Waals surface area contributed by atoms with Crippen molar-refractivity contribution in [3.8, 4) is 0 Å². The van der Waals surface area contributed by atoms with Gasteiger partial charge >= 0.3 is 0 Å². The molecule has 3 rings (SSSR count). The summed E-state index contributed by atoms with van der Waals surface area (Å²) in [5.74, 6) is -1.00. The van der Waals surface area contributed by atoms with E-state index in [9.17, 15) is 13.2 Å². The first kappa shape index (κ1) is 13.8. The molecule has 2 fully saturated rings. The van der Waals surface area contributed by atoms with Crippen molar-refractivity contribution in [2.24, 2.45) is 16.7 Å². The highest BCUT2D eigenvalue weighted by Gasteiger charge is 2.65. The Bertz CT molecular complexity index is 725. The average Bonchev–Trinajstić information content (AvgIpc) is 3.02. The molecular formula is C15H20ClNO3S. The fourth-order valence-corrected chi connectivity index (χ4v) is 6.57. The Morgan fingerprint density at radius 2 is 2.24 bits per heavy atom. The molecule has 6 heteroatoms. The van der Waals surface area contributed by atoms with Crippen LogP contribution in [0.2, 0.25) is 0 Å². The fraction of sp³-hybridized carbons (Fsp3) is 0.667. The molecule has 0 saturated heterocycles. The maximum atomic E-state index is 12.9. The zero-order chi connectivity index (χ0) is 16.3. The Hall–Kier alpha value is -0.810. The highest BCUT2D eigenvalue weighted by atomic mass is 35.5. The van der Waals surface area contributed by atoms with Crippen LogP contribution in [0.3, 0.4) is 0 Å². The highest BCUT2D eigenvalue weighted by molar-refractivity contribution is 7.90. The summed E-state index contributed by atoms with van der Waals surface area (Å²) in [6, 6.07) is 3.09. The van der Waals surface area contributed by atoms with E-state index < -0.39 is 21.3 Å². The summed E-state index contributed by atoms with van der Waals surface area (Å²) in [7, 11) is -3.73. The second kappa shape index (κ2) is 4.59. The van der Waals surface area contributed by atoms with Crippen LogP contribution in [0.5, 0.6) is 0 Å². The van der Waals surface area contributed by atoms with E-state index in [0.717, 1.165) is 10.4 Å². The van der Waals surface area contributed by atoms with E-state index in [1.165, 1.54) is 12.3 Å². The third-order valence-electron chi connectivity index (χ3n) is 5.72. The van der Waals surface area contributed by atoms with Crippen LogP contribution in [0.1, 0.15) is 40.2 Å². The fourth-order valence-electron chi connectivity index (χ4n) is 4.21. The molecule has 0 N–H and O–H groups in total. The van der Waals surface area contributed by atoms with Crippen molar-refractivity contribution < 1.29 is 14.6 Å². The van der Waals surface area contributed by atoms with E-state index in [0.29, 0.717) is 12.8 Å². The molecule has 1 aromatic rings. The molecule has 2 bridgehead atoms. The Balaban J connectivity index is 2.02. The van der Waals surface area contributed by atoms with Crippen molar-refractivity contribution in [3.63, 3.8) is 0 Å². The number of halogens is 1. The minimum atomic E-state index is -3.73. The maximum absolute atomic E-state index is 12.9. The third-order valence-corrected chi connectivity index (χ3v) is 7.74. The van der Waals surface area contributed by atoms with E-state index in [1.807, 2.05) is 13.8 Å². The van der Waals surface area contributed by atoms with E-state index in [1.54, 1.807) is 6.07 Å². The number of fused-ring (bicyclic) bond motifs is 2. The molecule has 1 heterocycles. The van der Waals surface area contributed by atoms with E-state index in [2.05, 4.69) is 0 Å². The molecule has 0 radical (unpaired) electrons. The van der Waals surface area contributed by atoms with Gasteiger partial charge in [-0.15, -0.1) is 11.6 Å². The lowest BCUT2D eigenvalue weighted by Crippen LogP contribution is -2.43. The lowest BCUT2D eigenvalue weighted by molar-refractivity contribution is -0.128. The number of carbonyl (C=O) groups excluding carboxylic acids is 1. The first-order chi connectivity index (χ1) is 10.1. The molecule has 21 heavy (non-hydrogen) atoms. The monoisotopic (exact) mass is 330 g/mol. The average molecular weight is 331 g/mol. The van der Waals surface area contributed by atoms with Gasteiger partial charge in [-0.1, -0.05) is 13.8 Å². The van der Waals surface area contributed by atoms with Gasteiger partial charge < -0.3 is 0 Å². The van der Waals surface area contributed by atoms with Crippen molar-refractivity contribution in [1.29, 1.82) is 0 Å². The predicted octanol–water partition coefficient (Wildman–Crippen LogP) is 2.80. The SMILES string of the molecule is [2H][C@H](Cl)c1cccn1S(=O)(=O)C[C@]12CC[C@H](CC1=O)C2(C)C. The Morgan fingerprint density at radius 1 is 1.52 bits per heavy atom.